The van der Waals surface area contributed by atoms with E-state index < -0.39 is 0 Å². The monoisotopic (exact) mass is 689 g/mol. The van der Waals surface area contributed by atoms with Crippen molar-refractivity contribution in [2.75, 3.05) is 0 Å². The lowest BCUT2D eigenvalue weighted by Crippen LogP contribution is -2.00. The average molecular weight is 690 g/mol. The molecule has 3 nitrogen and oxygen atoms in total. The van der Waals surface area contributed by atoms with Gasteiger partial charge in [-0.15, -0.1) is 0 Å². The van der Waals surface area contributed by atoms with Crippen LogP contribution in [0.4, 0.5) is 0 Å². The van der Waals surface area contributed by atoms with Crippen LogP contribution in [-0.4, -0.2) is 15.0 Å². The summed E-state index contributed by atoms with van der Waals surface area (Å²) in [7, 11) is 0. The first kappa shape index (κ1) is 32.7. The molecule has 0 aliphatic carbocycles. The van der Waals surface area contributed by atoms with E-state index in [1.807, 2.05) is 60.7 Å². The second kappa shape index (κ2) is 14.8. The molecule has 0 N–H and O–H groups in total. The van der Waals surface area contributed by atoms with E-state index in [4.69, 9.17) is 15.0 Å². The molecule has 8 aromatic carbocycles. The van der Waals surface area contributed by atoms with Gasteiger partial charge in [0.2, 0.25) is 0 Å². The predicted molar refractivity (Wildman–Crippen MR) is 223 cm³/mol. The van der Waals surface area contributed by atoms with Crippen molar-refractivity contribution in [2.24, 2.45) is 0 Å². The molecule has 0 aliphatic rings. The van der Waals surface area contributed by atoms with E-state index in [2.05, 4.69) is 152 Å². The Labute approximate surface area is 316 Å². The molecule has 3 heteroatoms. The Morgan fingerprint density at radius 1 is 0.167 bits per heavy atom. The van der Waals surface area contributed by atoms with Crippen LogP contribution in [-0.2, 0) is 0 Å². The van der Waals surface area contributed by atoms with E-state index in [9.17, 15) is 0 Å². The molecule has 0 spiro atoms. The van der Waals surface area contributed by atoms with Crippen LogP contribution in [0.25, 0.3) is 89.8 Å². The molecular formula is C51H35N3. The van der Waals surface area contributed by atoms with Gasteiger partial charge in [-0.05, 0) is 98.1 Å². The maximum Gasteiger partial charge on any atom is 0.164 e. The highest BCUT2D eigenvalue weighted by molar-refractivity contribution is 5.86. The van der Waals surface area contributed by atoms with Gasteiger partial charge in [0.05, 0.1) is 0 Å². The summed E-state index contributed by atoms with van der Waals surface area (Å²) in [5.74, 6) is 1.92. The molecule has 54 heavy (non-hydrogen) atoms. The molecule has 0 bridgehead atoms. The molecule has 0 saturated heterocycles. The molecule has 0 unspecified atom stereocenters. The Hall–Kier alpha value is -7.23. The number of benzene rings is 8. The van der Waals surface area contributed by atoms with Crippen molar-refractivity contribution in [3.05, 3.63) is 212 Å². The van der Waals surface area contributed by atoms with Crippen LogP contribution < -0.4 is 0 Å². The molecule has 0 saturated carbocycles. The van der Waals surface area contributed by atoms with E-state index in [0.717, 1.165) is 50.1 Å². The first-order chi connectivity index (χ1) is 26.7. The van der Waals surface area contributed by atoms with E-state index in [-0.39, 0.29) is 0 Å². The van der Waals surface area contributed by atoms with Gasteiger partial charge in [0.25, 0.3) is 0 Å². The maximum atomic E-state index is 5.02. The minimum Gasteiger partial charge on any atom is -0.208 e. The largest absolute Gasteiger partial charge is 0.208 e. The zero-order valence-electron chi connectivity index (χ0n) is 29.5. The van der Waals surface area contributed by atoms with Crippen LogP contribution in [0.15, 0.2) is 212 Å². The first-order valence-corrected chi connectivity index (χ1v) is 18.2. The van der Waals surface area contributed by atoms with Gasteiger partial charge in [0, 0.05) is 16.7 Å². The zero-order chi connectivity index (χ0) is 36.1. The topological polar surface area (TPSA) is 38.7 Å². The molecule has 0 radical (unpaired) electrons. The summed E-state index contributed by atoms with van der Waals surface area (Å²) in [6, 6.07) is 74.4. The number of rotatable bonds is 8. The lowest BCUT2D eigenvalue weighted by Gasteiger charge is -2.15. The third-order valence-electron chi connectivity index (χ3n) is 9.67. The van der Waals surface area contributed by atoms with Crippen LogP contribution in [0.2, 0.25) is 0 Å². The molecule has 0 atom stereocenters. The van der Waals surface area contributed by atoms with Crippen LogP contribution in [0.1, 0.15) is 0 Å². The maximum absolute atomic E-state index is 5.02. The van der Waals surface area contributed by atoms with Gasteiger partial charge < -0.3 is 0 Å². The molecule has 0 aliphatic heterocycles. The molecular weight excluding hydrogens is 655 g/mol. The summed E-state index contributed by atoms with van der Waals surface area (Å²) in [6.07, 6.45) is 0. The van der Waals surface area contributed by atoms with E-state index in [1.165, 1.54) is 22.3 Å². The summed E-state index contributed by atoms with van der Waals surface area (Å²) in [5.41, 5.74) is 14.4. The Bertz CT molecular complexity index is 2560. The molecule has 1 heterocycles. The van der Waals surface area contributed by atoms with Gasteiger partial charge in [-0.1, -0.05) is 170 Å². The minimum absolute atomic E-state index is 0.632. The second-order valence-corrected chi connectivity index (χ2v) is 13.3. The molecule has 1 aromatic heterocycles. The standard InChI is InChI=1S/C51H35N3/c1-6-17-36(18-7-1)43-30-44(37-19-8-2-9-20-37)33-47(32-43)48-34-45(38-21-10-3-11-22-38)31-46(35-48)41-27-16-28-42(29-41)51-53-49(39-23-12-4-13-24-39)52-50(54-51)40-25-14-5-15-26-40/h1-35H. The van der Waals surface area contributed by atoms with Gasteiger partial charge in [0.1, 0.15) is 0 Å². The molecule has 9 aromatic rings. The third kappa shape index (κ3) is 6.99. The Morgan fingerprint density at radius 3 is 0.741 bits per heavy atom. The summed E-state index contributed by atoms with van der Waals surface area (Å²) in [4.78, 5) is 14.9. The average Bonchev–Trinajstić information content (AvgIpc) is 3.27. The number of nitrogens with zero attached hydrogens (tertiary/aromatic N) is 3. The van der Waals surface area contributed by atoms with Crippen LogP contribution in [0.3, 0.4) is 0 Å². The van der Waals surface area contributed by atoms with Crippen molar-refractivity contribution < 1.29 is 0 Å². The smallest absolute Gasteiger partial charge is 0.164 e. The van der Waals surface area contributed by atoms with Crippen molar-refractivity contribution in [1.29, 1.82) is 0 Å². The lowest BCUT2D eigenvalue weighted by molar-refractivity contribution is 1.07. The van der Waals surface area contributed by atoms with Crippen molar-refractivity contribution in [3.8, 4) is 89.8 Å². The fraction of sp³-hybridized carbons (Fsp3) is 0. The Kier molecular flexibility index (Phi) is 8.94. The third-order valence-corrected chi connectivity index (χ3v) is 9.67. The summed E-state index contributed by atoms with van der Waals surface area (Å²) >= 11 is 0. The molecule has 0 fully saturated rings. The fourth-order valence-electron chi connectivity index (χ4n) is 6.92. The minimum atomic E-state index is 0.632. The number of hydrogen-bond donors (Lipinski definition) is 0. The quantitative estimate of drug-likeness (QED) is 0.159. The van der Waals surface area contributed by atoms with Gasteiger partial charge in [-0.25, -0.2) is 15.0 Å². The van der Waals surface area contributed by atoms with Crippen molar-refractivity contribution >= 4 is 0 Å². The lowest BCUT2D eigenvalue weighted by atomic mass is 9.89. The van der Waals surface area contributed by atoms with Gasteiger partial charge in [-0.2, -0.15) is 0 Å². The SMILES string of the molecule is c1ccc(-c2cc(-c3ccccc3)cc(-c3cc(-c4ccccc4)cc(-c4cccc(-c5nc(-c6ccccc6)nc(-c6ccccc6)n5)c4)c3)c2)cc1. The van der Waals surface area contributed by atoms with Crippen LogP contribution in [0.5, 0.6) is 0 Å². The Balaban J connectivity index is 1.20. The molecule has 254 valence electrons. The van der Waals surface area contributed by atoms with Gasteiger partial charge >= 0.3 is 0 Å². The highest BCUT2D eigenvalue weighted by atomic mass is 15.0. The second-order valence-electron chi connectivity index (χ2n) is 13.3. The van der Waals surface area contributed by atoms with Crippen molar-refractivity contribution in [2.45, 2.75) is 0 Å². The van der Waals surface area contributed by atoms with E-state index in [1.54, 1.807) is 0 Å². The van der Waals surface area contributed by atoms with E-state index in [0.29, 0.717) is 17.5 Å². The Morgan fingerprint density at radius 2 is 0.389 bits per heavy atom. The fourth-order valence-corrected chi connectivity index (χ4v) is 6.92. The number of aromatic nitrogens is 3. The van der Waals surface area contributed by atoms with Gasteiger partial charge in [0.15, 0.2) is 17.5 Å². The van der Waals surface area contributed by atoms with E-state index >= 15 is 0 Å². The normalized spacial score (nSPS) is 11.0. The van der Waals surface area contributed by atoms with Crippen LogP contribution >= 0.6 is 0 Å². The van der Waals surface area contributed by atoms with Gasteiger partial charge in [-0.3, -0.25) is 0 Å². The van der Waals surface area contributed by atoms with Crippen LogP contribution in [0, 0.1) is 0 Å². The zero-order valence-corrected chi connectivity index (χ0v) is 29.5. The molecule has 9 rings (SSSR count). The predicted octanol–water partition coefficient (Wildman–Crippen LogP) is 13.2. The summed E-state index contributed by atoms with van der Waals surface area (Å²) in [5, 5.41) is 0. The van der Waals surface area contributed by atoms with Crippen molar-refractivity contribution in [3.63, 3.8) is 0 Å². The first-order valence-electron chi connectivity index (χ1n) is 18.2. The number of hydrogen-bond acceptors (Lipinski definition) is 3. The summed E-state index contributed by atoms with van der Waals surface area (Å²) in [6.45, 7) is 0. The highest BCUT2D eigenvalue weighted by Crippen LogP contribution is 2.38. The molecule has 0 amide bonds. The van der Waals surface area contributed by atoms with Crippen molar-refractivity contribution in [1.82, 2.24) is 15.0 Å². The summed E-state index contributed by atoms with van der Waals surface area (Å²) < 4.78 is 0. The highest BCUT2D eigenvalue weighted by Gasteiger charge is 2.15.